The van der Waals surface area contributed by atoms with Gasteiger partial charge in [0.2, 0.25) is 10.0 Å². The maximum atomic E-state index is 12.2. The van der Waals surface area contributed by atoms with Gasteiger partial charge in [0.15, 0.2) is 5.96 Å². The second kappa shape index (κ2) is 13.4. The van der Waals surface area contributed by atoms with Gasteiger partial charge in [-0.3, -0.25) is 4.99 Å². The van der Waals surface area contributed by atoms with Crippen molar-refractivity contribution < 1.29 is 13.2 Å². The average molecular weight is 538 g/mol. The van der Waals surface area contributed by atoms with E-state index in [1.54, 1.807) is 7.05 Å². The summed E-state index contributed by atoms with van der Waals surface area (Å²) in [5.41, 5.74) is 2.50. The van der Waals surface area contributed by atoms with E-state index < -0.39 is 10.0 Å². The molecule has 166 valence electrons. The molecule has 1 heterocycles. The van der Waals surface area contributed by atoms with Crippen molar-refractivity contribution in [2.75, 3.05) is 39.5 Å². The molecule has 0 spiro atoms. The van der Waals surface area contributed by atoms with E-state index in [0.29, 0.717) is 25.6 Å². The highest BCUT2D eigenvalue weighted by atomic mass is 127. The summed E-state index contributed by atoms with van der Waals surface area (Å²) in [6.45, 7) is 4.21. The Balaban J connectivity index is 0.00000420. The van der Waals surface area contributed by atoms with Gasteiger partial charge in [0.05, 0.1) is 11.9 Å². The zero-order valence-electron chi connectivity index (χ0n) is 17.7. The van der Waals surface area contributed by atoms with Gasteiger partial charge in [0, 0.05) is 40.3 Å². The summed E-state index contributed by atoms with van der Waals surface area (Å²) in [5, 5.41) is 3.13. The second-order valence-electron chi connectivity index (χ2n) is 7.16. The van der Waals surface area contributed by atoms with E-state index in [2.05, 4.69) is 46.2 Å². The van der Waals surface area contributed by atoms with E-state index >= 15 is 0 Å². The third-order valence-corrected chi connectivity index (χ3v) is 6.23. The first kappa shape index (κ1) is 26.1. The zero-order valence-corrected chi connectivity index (χ0v) is 20.8. The monoisotopic (exact) mass is 538 g/mol. The molecule has 29 heavy (non-hydrogen) atoms. The van der Waals surface area contributed by atoms with E-state index in [1.807, 2.05) is 11.9 Å². The molecule has 1 aliphatic rings. The lowest BCUT2D eigenvalue weighted by atomic mass is 10.1. The van der Waals surface area contributed by atoms with Crippen molar-refractivity contribution in [3.63, 3.8) is 0 Å². The van der Waals surface area contributed by atoms with Crippen LogP contribution in [0, 0.1) is 0 Å². The molecule has 0 bridgehead atoms. The molecule has 2 N–H and O–H groups in total. The lowest BCUT2D eigenvalue weighted by molar-refractivity contribution is 0.0200. The van der Waals surface area contributed by atoms with Crippen LogP contribution in [0.2, 0.25) is 0 Å². The molecule has 0 amide bonds. The Morgan fingerprint density at radius 1 is 1.24 bits per heavy atom. The highest BCUT2D eigenvalue weighted by Crippen LogP contribution is 2.12. The molecule has 1 saturated heterocycles. The summed E-state index contributed by atoms with van der Waals surface area (Å²) >= 11 is 0. The third kappa shape index (κ3) is 9.63. The maximum absolute atomic E-state index is 12.2. The number of guanidine groups is 1. The van der Waals surface area contributed by atoms with Crippen LogP contribution in [0.4, 0.5) is 0 Å². The number of ether oxygens (including phenoxy) is 1. The number of nitrogens with one attached hydrogen (secondary N) is 2. The van der Waals surface area contributed by atoms with Crippen LogP contribution in [0.15, 0.2) is 29.3 Å². The smallest absolute Gasteiger partial charge is 0.213 e. The highest BCUT2D eigenvalue weighted by molar-refractivity contribution is 14.0. The van der Waals surface area contributed by atoms with Crippen LogP contribution in [0.1, 0.15) is 37.3 Å². The molecular weight excluding hydrogens is 503 g/mol. The van der Waals surface area contributed by atoms with Gasteiger partial charge in [-0.1, -0.05) is 31.2 Å². The van der Waals surface area contributed by atoms with Gasteiger partial charge in [-0.25, -0.2) is 13.1 Å². The number of rotatable bonds is 9. The molecule has 0 aromatic heterocycles. The van der Waals surface area contributed by atoms with Crippen LogP contribution in [0.5, 0.6) is 0 Å². The Morgan fingerprint density at radius 3 is 2.52 bits per heavy atom. The largest absolute Gasteiger partial charge is 0.377 e. The molecule has 1 aromatic rings. The fraction of sp³-hybridized carbons (Fsp3) is 0.650. The number of sulfonamides is 1. The van der Waals surface area contributed by atoms with Crippen molar-refractivity contribution in [2.45, 2.75) is 45.3 Å². The molecule has 0 radical (unpaired) electrons. The fourth-order valence-corrected chi connectivity index (χ4v) is 4.13. The van der Waals surface area contributed by atoms with E-state index in [1.165, 1.54) is 11.1 Å². The van der Waals surface area contributed by atoms with Crippen molar-refractivity contribution in [1.82, 2.24) is 14.9 Å². The van der Waals surface area contributed by atoms with E-state index in [-0.39, 0.29) is 35.8 Å². The van der Waals surface area contributed by atoms with Gasteiger partial charge >= 0.3 is 0 Å². The molecule has 1 aliphatic heterocycles. The minimum Gasteiger partial charge on any atom is -0.377 e. The predicted molar refractivity (Wildman–Crippen MR) is 129 cm³/mol. The topological polar surface area (TPSA) is 83.0 Å². The molecule has 0 aliphatic carbocycles. The number of hydrogen-bond donors (Lipinski definition) is 2. The van der Waals surface area contributed by atoms with E-state index in [9.17, 15) is 8.42 Å². The van der Waals surface area contributed by atoms with Crippen molar-refractivity contribution in [3.8, 4) is 0 Å². The highest BCUT2D eigenvalue weighted by Gasteiger charge is 2.18. The van der Waals surface area contributed by atoms with Crippen molar-refractivity contribution >= 4 is 40.0 Å². The van der Waals surface area contributed by atoms with Crippen LogP contribution < -0.4 is 10.0 Å². The first-order valence-electron chi connectivity index (χ1n) is 10.0. The molecule has 1 aromatic carbocycles. The van der Waals surface area contributed by atoms with Crippen LogP contribution in [-0.2, 0) is 27.7 Å². The minimum atomic E-state index is -3.34. The summed E-state index contributed by atoms with van der Waals surface area (Å²) in [6, 6.07) is 8.50. The first-order chi connectivity index (χ1) is 13.4. The molecule has 7 nitrogen and oxygen atoms in total. The summed E-state index contributed by atoms with van der Waals surface area (Å²) < 4.78 is 32.6. The van der Waals surface area contributed by atoms with Gasteiger partial charge in [0.1, 0.15) is 0 Å². The SMILES string of the molecule is CCc1ccc(CN(C)C(=NC)NCCS(=O)(=O)NCC2CCCCO2)cc1.I. The quantitative estimate of drug-likeness (QED) is 0.287. The van der Waals surface area contributed by atoms with Crippen LogP contribution in [-0.4, -0.2) is 64.9 Å². The zero-order chi connectivity index (χ0) is 20.4. The fourth-order valence-electron chi connectivity index (χ4n) is 3.17. The van der Waals surface area contributed by atoms with Gasteiger partial charge < -0.3 is 15.0 Å². The predicted octanol–water partition coefficient (Wildman–Crippen LogP) is 2.36. The van der Waals surface area contributed by atoms with Crippen LogP contribution in [0.3, 0.4) is 0 Å². The standard InChI is InChI=1S/C20H34N4O3S.HI/c1-4-17-8-10-18(11-9-17)16-24(3)20(21-2)22-12-14-28(25,26)23-15-19-7-5-6-13-27-19;/h8-11,19,23H,4-7,12-16H2,1-3H3,(H,21,22);1H. The Kier molecular flexibility index (Phi) is 12.1. The van der Waals surface area contributed by atoms with E-state index in [4.69, 9.17) is 4.74 Å². The lowest BCUT2D eigenvalue weighted by Gasteiger charge is -2.23. The molecule has 9 heteroatoms. The molecule has 2 rings (SSSR count). The van der Waals surface area contributed by atoms with Crippen LogP contribution >= 0.6 is 24.0 Å². The first-order valence-corrected chi connectivity index (χ1v) is 11.7. The third-order valence-electron chi connectivity index (χ3n) is 4.88. The Bertz CT molecular complexity index is 720. The van der Waals surface area contributed by atoms with Crippen molar-refractivity contribution in [2.24, 2.45) is 4.99 Å². The molecule has 0 saturated carbocycles. The van der Waals surface area contributed by atoms with Gasteiger partial charge in [0.25, 0.3) is 0 Å². The number of benzene rings is 1. The number of hydrogen-bond acceptors (Lipinski definition) is 4. The summed E-state index contributed by atoms with van der Waals surface area (Å²) in [6.07, 6.45) is 4.08. The Morgan fingerprint density at radius 2 is 1.93 bits per heavy atom. The average Bonchev–Trinajstić information content (AvgIpc) is 2.71. The summed E-state index contributed by atoms with van der Waals surface area (Å²) in [7, 11) is 0.298. The Hall–Kier alpha value is -0.910. The van der Waals surface area contributed by atoms with Crippen molar-refractivity contribution in [1.29, 1.82) is 0 Å². The van der Waals surface area contributed by atoms with Gasteiger partial charge in [-0.05, 0) is 36.8 Å². The van der Waals surface area contributed by atoms with Crippen LogP contribution in [0.25, 0.3) is 0 Å². The number of aryl methyl sites for hydroxylation is 1. The molecular formula is C20H35IN4O3S. The summed E-state index contributed by atoms with van der Waals surface area (Å²) in [5.74, 6) is 0.669. The molecule has 1 atom stereocenters. The molecule has 1 unspecified atom stereocenters. The maximum Gasteiger partial charge on any atom is 0.213 e. The number of halogens is 1. The van der Waals surface area contributed by atoms with Gasteiger partial charge in [-0.15, -0.1) is 24.0 Å². The Labute approximate surface area is 192 Å². The minimum absolute atomic E-state index is 0. The van der Waals surface area contributed by atoms with Crippen molar-refractivity contribution in [3.05, 3.63) is 35.4 Å². The van der Waals surface area contributed by atoms with Gasteiger partial charge in [-0.2, -0.15) is 0 Å². The molecule has 1 fully saturated rings. The van der Waals surface area contributed by atoms with E-state index in [0.717, 1.165) is 32.3 Å². The lowest BCUT2D eigenvalue weighted by Crippen LogP contribution is -2.43. The summed E-state index contributed by atoms with van der Waals surface area (Å²) in [4.78, 5) is 6.24. The normalized spacial score (nSPS) is 17.5. The second-order valence-corrected chi connectivity index (χ2v) is 9.08. The number of aliphatic imine (C=N–C) groups is 1. The number of nitrogens with zero attached hydrogens (tertiary/aromatic N) is 2.